The Morgan fingerprint density at radius 2 is 1.90 bits per heavy atom. The molecular weight excluding hydrogens is 300 g/mol. The van der Waals surface area contributed by atoms with E-state index in [-0.39, 0.29) is 5.91 Å². The molecular formula is C16H20N2OS2. The molecule has 2 heterocycles. The number of fused-ring (bicyclic) bond motifs is 1. The molecule has 5 heteroatoms. The van der Waals surface area contributed by atoms with Gasteiger partial charge >= 0.3 is 0 Å². The highest BCUT2D eigenvalue weighted by Gasteiger charge is 2.23. The Hall–Kier alpha value is -1.07. The summed E-state index contributed by atoms with van der Waals surface area (Å²) in [7, 11) is 0. The van der Waals surface area contributed by atoms with Gasteiger partial charge in [0, 0.05) is 25.3 Å². The van der Waals surface area contributed by atoms with E-state index in [2.05, 4.69) is 17.0 Å². The van der Waals surface area contributed by atoms with E-state index in [1.807, 2.05) is 17.0 Å². The first kappa shape index (κ1) is 14.9. The maximum atomic E-state index is 12.5. The van der Waals surface area contributed by atoms with E-state index in [1.54, 1.807) is 0 Å². The smallest absolute Gasteiger partial charge is 0.237 e. The van der Waals surface area contributed by atoms with Crippen molar-refractivity contribution in [1.82, 2.24) is 4.90 Å². The summed E-state index contributed by atoms with van der Waals surface area (Å²) >= 11 is 6.95. The highest BCUT2D eigenvalue weighted by molar-refractivity contribution is 8.23. The number of amides is 1. The normalized spacial score (nSPS) is 17.7. The lowest BCUT2D eigenvalue weighted by atomic mass is 10.0. The van der Waals surface area contributed by atoms with Gasteiger partial charge in [0.25, 0.3) is 0 Å². The standard InChI is InChI=1S/C16H20N2OS2/c19-15(12-21-16(20)17-9-3-4-10-17)18-11-5-7-13-6-1-2-8-14(13)18/h1-2,6,8H,3-5,7,9-12H2. The maximum Gasteiger partial charge on any atom is 0.237 e. The van der Waals surface area contributed by atoms with E-state index in [1.165, 1.54) is 30.2 Å². The molecule has 0 aliphatic carbocycles. The number of likely N-dealkylation sites (tertiary alicyclic amines) is 1. The Labute approximate surface area is 135 Å². The number of benzene rings is 1. The number of para-hydroxylation sites is 1. The average Bonchev–Trinajstić information content (AvgIpc) is 3.06. The average molecular weight is 320 g/mol. The zero-order valence-electron chi connectivity index (χ0n) is 12.1. The van der Waals surface area contributed by atoms with Crippen molar-refractivity contribution in [3.8, 4) is 0 Å². The third-order valence-corrected chi connectivity index (χ3v) is 5.60. The summed E-state index contributed by atoms with van der Waals surface area (Å²) in [6, 6.07) is 8.23. The quantitative estimate of drug-likeness (QED) is 0.781. The minimum atomic E-state index is 0.175. The number of thiocarbonyl (C=S) groups is 1. The summed E-state index contributed by atoms with van der Waals surface area (Å²) in [5.74, 6) is 0.623. The van der Waals surface area contributed by atoms with Crippen molar-refractivity contribution in [2.75, 3.05) is 30.3 Å². The molecule has 0 atom stereocenters. The minimum absolute atomic E-state index is 0.175. The van der Waals surface area contributed by atoms with Gasteiger partial charge in [-0.25, -0.2) is 0 Å². The van der Waals surface area contributed by atoms with Crippen molar-refractivity contribution < 1.29 is 4.79 Å². The van der Waals surface area contributed by atoms with E-state index < -0.39 is 0 Å². The Bertz CT molecular complexity index is 541. The van der Waals surface area contributed by atoms with Crippen LogP contribution in [0.4, 0.5) is 5.69 Å². The van der Waals surface area contributed by atoms with Crippen molar-refractivity contribution in [3.05, 3.63) is 29.8 Å². The summed E-state index contributed by atoms with van der Waals surface area (Å²) in [6.45, 7) is 2.92. The number of rotatable bonds is 2. The summed E-state index contributed by atoms with van der Waals surface area (Å²) in [5, 5.41) is 0. The number of hydrogen-bond donors (Lipinski definition) is 0. The Kier molecular flexibility index (Phi) is 4.80. The maximum absolute atomic E-state index is 12.5. The first-order valence-corrected chi connectivity index (χ1v) is 8.95. The Balaban J connectivity index is 1.60. The molecule has 1 aromatic carbocycles. The van der Waals surface area contributed by atoms with Crippen molar-refractivity contribution in [2.45, 2.75) is 25.7 Å². The summed E-state index contributed by atoms with van der Waals surface area (Å²) in [4.78, 5) is 16.7. The molecule has 0 unspecified atom stereocenters. The van der Waals surface area contributed by atoms with Crippen LogP contribution in [0.3, 0.4) is 0 Å². The van der Waals surface area contributed by atoms with Crippen LogP contribution in [0.15, 0.2) is 24.3 Å². The minimum Gasteiger partial charge on any atom is -0.358 e. The van der Waals surface area contributed by atoms with E-state index in [9.17, 15) is 4.79 Å². The summed E-state index contributed by atoms with van der Waals surface area (Å²) in [5.41, 5.74) is 2.37. The van der Waals surface area contributed by atoms with Gasteiger partial charge in [0.1, 0.15) is 4.32 Å². The number of thioether (sulfide) groups is 1. The zero-order valence-corrected chi connectivity index (χ0v) is 13.7. The molecule has 3 rings (SSSR count). The van der Waals surface area contributed by atoms with E-state index >= 15 is 0 Å². The number of aryl methyl sites for hydroxylation is 1. The fourth-order valence-electron chi connectivity index (χ4n) is 2.99. The van der Waals surface area contributed by atoms with Crippen molar-refractivity contribution in [2.24, 2.45) is 0 Å². The highest BCUT2D eigenvalue weighted by Crippen LogP contribution is 2.27. The molecule has 0 saturated carbocycles. The summed E-state index contributed by atoms with van der Waals surface area (Å²) < 4.78 is 0.881. The fourth-order valence-corrected chi connectivity index (χ4v) is 4.11. The second-order valence-electron chi connectivity index (χ2n) is 5.53. The lowest BCUT2D eigenvalue weighted by molar-refractivity contribution is -0.116. The molecule has 1 fully saturated rings. The van der Waals surface area contributed by atoms with Gasteiger partial charge in [-0.2, -0.15) is 0 Å². The predicted molar refractivity (Wildman–Crippen MR) is 93.0 cm³/mol. The molecule has 2 aliphatic rings. The van der Waals surface area contributed by atoms with Crippen molar-refractivity contribution in [1.29, 1.82) is 0 Å². The summed E-state index contributed by atoms with van der Waals surface area (Å²) in [6.07, 6.45) is 4.55. The number of nitrogens with zero attached hydrogens (tertiary/aromatic N) is 2. The molecule has 0 spiro atoms. The van der Waals surface area contributed by atoms with Gasteiger partial charge in [0.05, 0.1) is 5.75 Å². The highest BCUT2D eigenvalue weighted by atomic mass is 32.2. The van der Waals surface area contributed by atoms with Crippen LogP contribution in [-0.4, -0.2) is 40.5 Å². The molecule has 1 saturated heterocycles. The van der Waals surface area contributed by atoms with Gasteiger partial charge in [-0.1, -0.05) is 42.2 Å². The first-order chi connectivity index (χ1) is 10.3. The van der Waals surface area contributed by atoms with Crippen LogP contribution in [0, 0.1) is 0 Å². The van der Waals surface area contributed by atoms with Crippen LogP contribution in [0.1, 0.15) is 24.8 Å². The first-order valence-electron chi connectivity index (χ1n) is 7.56. The van der Waals surface area contributed by atoms with Gasteiger partial charge in [-0.05, 0) is 37.3 Å². The predicted octanol–water partition coefficient (Wildman–Crippen LogP) is 3.08. The molecule has 1 aromatic rings. The largest absolute Gasteiger partial charge is 0.358 e. The molecule has 3 nitrogen and oxygen atoms in total. The zero-order chi connectivity index (χ0) is 14.7. The van der Waals surface area contributed by atoms with Crippen molar-refractivity contribution in [3.63, 3.8) is 0 Å². The second kappa shape index (κ2) is 6.79. The fraction of sp³-hybridized carbons (Fsp3) is 0.500. The van der Waals surface area contributed by atoms with E-state index in [0.29, 0.717) is 5.75 Å². The molecule has 2 aliphatic heterocycles. The van der Waals surface area contributed by atoms with Crippen LogP contribution in [0.25, 0.3) is 0 Å². The van der Waals surface area contributed by atoms with Crippen LogP contribution < -0.4 is 4.90 Å². The second-order valence-corrected chi connectivity index (χ2v) is 7.14. The van der Waals surface area contributed by atoms with Crippen LogP contribution in [0.2, 0.25) is 0 Å². The third kappa shape index (κ3) is 3.40. The lowest BCUT2D eigenvalue weighted by Crippen LogP contribution is -2.37. The molecule has 1 amide bonds. The van der Waals surface area contributed by atoms with Gasteiger partial charge in [-0.15, -0.1) is 0 Å². The Morgan fingerprint density at radius 3 is 2.71 bits per heavy atom. The van der Waals surface area contributed by atoms with Crippen LogP contribution >= 0.6 is 24.0 Å². The molecule has 0 aromatic heterocycles. The lowest BCUT2D eigenvalue weighted by Gasteiger charge is -2.29. The van der Waals surface area contributed by atoms with Gasteiger partial charge in [0.2, 0.25) is 5.91 Å². The number of carbonyl (C=O) groups is 1. The van der Waals surface area contributed by atoms with Crippen LogP contribution in [0.5, 0.6) is 0 Å². The molecule has 21 heavy (non-hydrogen) atoms. The monoisotopic (exact) mass is 320 g/mol. The molecule has 0 N–H and O–H groups in total. The number of carbonyl (C=O) groups excluding carboxylic acids is 1. The topological polar surface area (TPSA) is 23.6 Å². The number of hydrogen-bond acceptors (Lipinski definition) is 3. The third-order valence-electron chi connectivity index (χ3n) is 4.09. The van der Waals surface area contributed by atoms with Crippen molar-refractivity contribution >= 4 is 39.9 Å². The molecule has 112 valence electrons. The Morgan fingerprint density at radius 1 is 1.14 bits per heavy atom. The van der Waals surface area contributed by atoms with E-state index in [4.69, 9.17) is 12.2 Å². The SMILES string of the molecule is O=C(CSC(=S)N1CCCC1)N1CCCc2ccccc21. The number of anilines is 1. The van der Waals surface area contributed by atoms with E-state index in [0.717, 1.165) is 42.5 Å². The molecule has 0 bridgehead atoms. The molecule has 0 radical (unpaired) electrons. The van der Waals surface area contributed by atoms with Gasteiger partial charge in [0.15, 0.2) is 0 Å². The van der Waals surface area contributed by atoms with Gasteiger partial charge < -0.3 is 9.80 Å². The van der Waals surface area contributed by atoms with Gasteiger partial charge in [-0.3, -0.25) is 4.79 Å². The van der Waals surface area contributed by atoms with Crippen LogP contribution in [-0.2, 0) is 11.2 Å².